The Morgan fingerprint density at radius 1 is 1.30 bits per heavy atom. The summed E-state index contributed by atoms with van der Waals surface area (Å²) in [6.07, 6.45) is 3.30. The third kappa shape index (κ3) is 4.37. The number of carbonyl (C=O) groups excluding carboxylic acids is 1. The van der Waals surface area contributed by atoms with Gasteiger partial charge < -0.3 is 5.32 Å². The number of fused-ring (bicyclic) bond motifs is 1. The van der Waals surface area contributed by atoms with Crippen molar-refractivity contribution < 1.29 is 4.79 Å². The van der Waals surface area contributed by atoms with E-state index in [0.29, 0.717) is 27.9 Å². The van der Waals surface area contributed by atoms with Gasteiger partial charge in [-0.15, -0.1) is 0 Å². The van der Waals surface area contributed by atoms with Gasteiger partial charge >= 0.3 is 0 Å². The second-order valence-corrected chi connectivity index (χ2v) is 8.87. The zero-order chi connectivity index (χ0) is 19.6. The second-order valence-electron chi connectivity index (χ2n) is 7.93. The Morgan fingerprint density at radius 2 is 2.04 bits per heavy atom. The van der Waals surface area contributed by atoms with Crippen molar-refractivity contribution in [1.29, 1.82) is 0 Å². The highest BCUT2D eigenvalue weighted by Crippen LogP contribution is 2.38. The Kier molecular flexibility index (Phi) is 6.25. The maximum absolute atomic E-state index is 13.3. The molecule has 1 amide bonds. The Morgan fingerprint density at radius 3 is 2.78 bits per heavy atom. The van der Waals surface area contributed by atoms with E-state index in [4.69, 9.17) is 4.98 Å². The average molecular weight is 388 g/mol. The van der Waals surface area contributed by atoms with Gasteiger partial charge in [-0.2, -0.15) is 0 Å². The van der Waals surface area contributed by atoms with E-state index in [1.54, 1.807) is 0 Å². The molecule has 5 nitrogen and oxygen atoms in total. The van der Waals surface area contributed by atoms with Crippen LogP contribution in [0.5, 0.6) is 0 Å². The van der Waals surface area contributed by atoms with Gasteiger partial charge in [0.25, 0.3) is 5.56 Å². The van der Waals surface area contributed by atoms with Crippen LogP contribution < -0.4 is 10.9 Å². The summed E-state index contributed by atoms with van der Waals surface area (Å²) in [6, 6.07) is 7.72. The van der Waals surface area contributed by atoms with Crippen molar-refractivity contribution >= 4 is 28.6 Å². The minimum absolute atomic E-state index is 0.0123. The van der Waals surface area contributed by atoms with Crippen LogP contribution in [0.25, 0.3) is 10.9 Å². The van der Waals surface area contributed by atoms with Gasteiger partial charge in [0.1, 0.15) is 0 Å². The van der Waals surface area contributed by atoms with E-state index in [1.165, 1.54) is 18.2 Å². The highest BCUT2D eigenvalue weighted by atomic mass is 32.2. The molecule has 146 valence electrons. The lowest BCUT2D eigenvalue weighted by molar-refractivity contribution is -0.119. The predicted molar refractivity (Wildman–Crippen MR) is 111 cm³/mol. The predicted octanol–water partition coefficient (Wildman–Crippen LogP) is 4.01. The SMILES string of the molecule is CC(C)NC(=O)CSc1nc2ccccc2c(=O)n1[C@@H]1CCC[C@@H](C)[C@H]1C. The number of hydrogen-bond acceptors (Lipinski definition) is 4. The number of rotatable bonds is 5. The summed E-state index contributed by atoms with van der Waals surface area (Å²) in [6.45, 7) is 8.38. The largest absolute Gasteiger partial charge is 0.353 e. The van der Waals surface area contributed by atoms with Crippen molar-refractivity contribution in [3.8, 4) is 0 Å². The van der Waals surface area contributed by atoms with Crippen LogP contribution in [0.3, 0.4) is 0 Å². The molecule has 0 unspecified atom stereocenters. The lowest BCUT2D eigenvalue weighted by Gasteiger charge is -2.36. The smallest absolute Gasteiger partial charge is 0.262 e. The maximum atomic E-state index is 13.3. The van der Waals surface area contributed by atoms with Gasteiger partial charge in [0.2, 0.25) is 5.91 Å². The summed E-state index contributed by atoms with van der Waals surface area (Å²) in [5, 5.41) is 4.21. The first-order valence-corrected chi connectivity index (χ1v) is 10.8. The Labute approximate surface area is 164 Å². The summed E-state index contributed by atoms with van der Waals surface area (Å²) in [5.41, 5.74) is 0.709. The van der Waals surface area contributed by atoms with Crippen LogP contribution in [0.2, 0.25) is 0 Å². The average Bonchev–Trinajstić information content (AvgIpc) is 2.62. The molecule has 0 radical (unpaired) electrons. The number of nitrogens with zero attached hydrogens (tertiary/aromatic N) is 2. The summed E-state index contributed by atoms with van der Waals surface area (Å²) in [7, 11) is 0. The van der Waals surface area contributed by atoms with Gasteiger partial charge in [-0.1, -0.05) is 50.6 Å². The molecule has 6 heteroatoms. The van der Waals surface area contributed by atoms with E-state index >= 15 is 0 Å². The zero-order valence-electron chi connectivity index (χ0n) is 16.6. The van der Waals surface area contributed by atoms with E-state index in [1.807, 2.05) is 42.7 Å². The molecule has 1 aliphatic carbocycles. The van der Waals surface area contributed by atoms with Crippen molar-refractivity contribution in [3.05, 3.63) is 34.6 Å². The van der Waals surface area contributed by atoms with Gasteiger partial charge in [0, 0.05) is 12.1 Å². The quantitative estimate of drug-likeness (QED) is 0.622. The summed E-state index contributed by atoms with van der Waals surface area (Å²) >= 11 is 1.36. The summed E-state index contributed by atoms with van der Waals surface area (Å²) in [4.78, 5) is 30.2. The molecule has 1 aromatic carbocycles. The normalized spacial score (nSPS) is 22.9. The van der Waals surface area contributed by atoms with Gasteiger partial charge in [0.05, 0.1) is 16.7 Å². The molecule has 0 bridgehead atoms. The van der Waals surface area contributed by atoms with Crippen LogP contribution in [0.15, 0.2) is 34.2 Å². The van der Waals surface area contributed by atoms with Crippen LogP contribution in [0.1, 0.15) is 53.0 Å². The fourth-order valence-electron chi connectivity index (χ4n) is 3.93. The van der Waals surface area contributed by atoms with Crippen molar-refractivity contribution in [2.24, 2.45) is 11.8 Å². The number of nitrogens with one attached hydrogen (secondary N) is 1. The fourth-order valence-corrected chi connectivity index (χ4v) is 4.80. The molecule has 1 fully saturated rings. The van der Waals surface area contributed by atoms with Crippen molar-refractivity contribution in [1.82, 2.24) is 14.9 Å². The van der Waals surface area contributed by atoms with Crippen LogP contribution in [0.4, 0.5) is 0 Å². The molecule has 0 aliphatic heterocycles. The molecule has 1 N–H and O–H groups in total. The molecular weight excluding hydrogens is 358 g/mol. The summed E-state index contributed by atoms with van der Waals surface area (Å²) < 4.78 is 1.87. The second kappa shape index (κ2) is 8.46. The van der Waals surface area contributed by atoms with Crippen LogP contribution in [-0.4, -0.2) is 27.3 Å². The minimum Gasteiger partial charge on any atom is -0.353 e. The molecule has 1 aromatic heterocycles. The topological polar surface area (TPSA) is 64.0 Å². The summed E-state index contributed by atoms with van der Waals surface area (Å²) in [5.74, 6) is 1.21. The number of hydrogen-bond donors (Lipinski definition) is 1. The minimum atomic E-state index is -0.0333. The molecule has 1 heterocycles. The number of carbonyl (C=O) groups is 1. The number of aromatic nitrogens is 2. The van der Waals surface area contributed by atoms with Gasteiger partial charge in [-0.25, -0.2) is 4.98 Å². The van der Waals surface area contributed by atoms with Crippen LogP contribution in [-0.2, 0) is 4.79 Å². The first-order chi connectivity index (χ1) is 12.9. The fraction of sp³-hybridized carbons (Fsp3) is 0.571. The molecule has 3 rings (SSSR count). The molecule has 0 spiro atoms. The number of thioether (sulfide) groups is 1. The third-order valence-corrected chi connectivity index (χ3v) is 6.51. The van der Waals surface area contributed by atoms with Crippen molar-refractivity contribution in [2.75, 3.05) is 5.75 Å². The molecule has 2 aromatic rings. The molecular formula is C21H29N3O2S. The van der Waals surface area contributed by atoms with Crippen LogP contribution in [0, 0.1) is 11.8 Å². The van der Waals surface area contributed by atoms with E-state index in [9.17, 15) is 9.59 Å². The molecule has 27 heavy (non-hydrogen) atoms. The van der Waals surface area contributed by atoms with Crippen molar-refractivity contribution in [2.45, 2.75) is 64.2 Å². The lowest BCUT2D eigenvalue weighted by Crippen LogP contribution is -2.36. The molecule has 1 aliphatic rings. The zero-order valence-corrected chi connectivity index (χ0v) is 17.4. The third-order valence-electron chi connectivity index (χ3n) is 5.55. The van der Waals surface area contributed by atoms with Gasteiger partial charge in [-0.05, 0) is 44.2 Å². The van der Waals surface area contributed by atoms with Crippen LogP contribution >= 0.6 is 11.8 Å². The van der Waals surface area contributed by atoms with E-state index in [2.05, 4.69) is 19.2 Å². The molecule has 0 saturated heterocycles. The standard InChI is InChI=1S/C21H29N3O2S/c1-13(2)22-19(25)12-27-21-23-17-10-6-5-9-16(17)20(26)24(21)18-11-7-8-14(3)15(18)4/h5-6,9-10,13-15,18H,7-8,11-12H2,1-4H3,(H,22,25)/t14-,15-,18-/m1/s1. The maximum Gasteiger partial charge on any atom is 0.262 e. The lowest BCUT2D eigenvalue weighted by atomic mass is 9.78. The van der Waals surface area contributed by atoms with E-state index in [0.717, 1.165) is 12.8 Å². The number of benzene rings is 1. The highest BCUT2D eigenvalue weighted by Gasteiger charge is 2.31. The first kappa shape index (κ1) is 19.9. The Hall–Kier alpha value is -1.82. The van der Waals surface area contributed by atoms with Crippen molar-refractivity contribution in [3.63, 3.8) is 0 Å². The number of para-hydroxylation sites is 1. The Bertz CT molecular complexity index is 877. The van der Waals surface area contributed by atoms with E-state index in [-0.39, 0.29) is 29.3 Å². The highest BCUT2D eigenvalue weighted by molar-refractivity contribution is 7.99. The van der Waals surface area contributed by atoms with E-state index < -0.39 is 0 Å². The van der Waals surface area contributed by atoms with Gasteiger partial charge in [0.15, 0.2) is 5.16 Å². The molecule has 3 atom stereocenters. The Balaban J connectivity index is 2.02. The number of amides is 1. The molecule has 1 saturated carbocycles. The first-order valence-electron chi connectivity index (χ1n) is 9.82. The van der Waals surface area contributed by atoms with Gasteiger partial charge in [-0.3, -0.25) is 14.2 Å². The monoisotopic (exact) mass is 387 g/mol.